The van der Waals surface area contributed by atoms with Gasteiger partial charge in [0.1, 0.15) is 0 Å². The van der Waals surface area contributed by atoms with Crippen LogP contribution in [0.2, 0.25) is 0 Å². The van der Waals surface area contributed by atoms with Crippen molar-refractivity contribution in [2.24, 2.45) is 0 Å². The maximum absolute atomic E-state index is 12.8. The third-order valence-corrected chi connectivity index (χ3v) is 6.76. The topological polar surface area (TPSA) is 66.5 Å². The van der Waals surface area contributed by atoms with Gasteiger partial charge in [-0.3, -0.25) is 9.10 Å². The van der Waals surface area contributed by atoms with Gasteiger partial charge in [-0.15, -0.1) is 0 Å². The van der Waals surface area contributed by atoms with Gasteiger partial charge in [0.25, 0.3) is 15.9 Å². The van der Waals surface area contributed by atoms with Crippen molar-refractivity contribution in [1.82, 2.24) is 5.32 Å². The first-order valence-electron chi connectivity index (χ1n) is 9.86. The Hall–Kier alpha value is -3.12. The van der Waals surface area contributed by atoms with Gasteiger partial charge >= 0.3 is 0 Å². The normalized spacial score (nSPS) is 11.1. The summed E-state index contributed by atoms with van der Waals surface area (Å²) >= 11 is 0. The Bertz CT molecular complexity index is 1100. The second kappa shape index (κ2) is 9.59. The number of sulfonamides is 1. The molecule has 5 nitrogen and oxygen atoms in total. The number of nitrogens with one attached hydrogen (secondary N) is 1. The maximum Gasteiger partial charge on any atom is 0.264 e. The summed E-state index contributed by atoms with van der Waals surface area (Å²) in [5, 5.41) is 2.93. The van der Waals surface area contributed by atoms with Crippen molar-refractivity contribution < 1.29 is 13.2 Å². The first-order chi connectivity index (χ1) is 14.4. The number of aryl methyl sites for hydroxylation is 2. The Balaban J connectivity index is 1.63. The van der Waals surface area contributed by atoms with Crippen LogP contribution >= 0.6 is 0 Å². The monoisotopic (exact) mass is 422 g/mol. The summed E-state index contributed by atoms with van der Waals surface area (Å²) in [5.41, 5.74) is 3.02. The summed E-state index contributed by atoms with van der Waals surface area (Å²) in [6.45, 7) is 2.38. The average molecular weight is 423 g/mol. The van der Waals surface area contributed by atoms with E-state index in [2.05, 4.69) is 17.4 Å². The van der Waals surface area contributed by atoms with Gasteiger partial charge in [0.2, 0.25) is 0 Å². The Morgan fingerprint density at radius 1 is 0.933 bits per heavy atom. The molecule has 0 bridgehead atoms. The summed E-state index contributed by atoms with van der Waals surface area (Å²) in [6.07, 6.45) is 1.76. The van der Waals surface area contributed by atoms with Crippen molar-refractivity contribution in [3.63, 3.8) is 0 Å². The third-order valence-electron chi connectivity index (χ3n) is 4.97. The Labute approximate surface area is 178 Å². The Morgan fingerprint density at radius 2 is 1.57 bits per heavy atom. The molecular formula is C24H26N2O3S. The molecule has 30 heavy (non-hydrogen) atoms. The molecule has 0 fully saturated rings. The highest BCUT2D eigenvalue weighted by Crippen LogP contribution is 2.26. The maximum atomic E-state index is 12.8. The van der Waals surface area contributed by atoms with Crippen molar-refractivity contribution in [1.29, 1.82) is 0 Å². The molecular weight excluding hydrogens is 396 g/mol. The summed E-state index contributed by atoms with van der Waals surface area (Å²) in [5.74, 6) is -0.161. The van der Waals surface area contributed by atoms with E-state index < -0.39 is 10.0 Å². The fourth-order valence-electron chi connectivity index (χ4n) is 3.27. The predicted octanol–water partition coefficient (Wildman–Crippen LogP) is 4.18. The largest absolute Gasteiger partial charge is 0.352 e. The summed E-state index contributed by atoms with van der Waals surface area (Å²) in [4.78, 5) is 12.7. The number of hydrogen-bond acceptors (Lipinski definition) is 3. The van der Waals surface area contributed by atoms with Crippen molar-refractivity contribution in [3.8, 4) is 0 Å². The lowest BCUT2D eigenvalue weighted by Gasteiger charge is -2.22. The smallest absolute Gasteiger partial charge is 0.264 e. The Kier molecular flexibility index (Phi) is 6.90. The quantitative estimate of drug-likeness (QED) is 0.554. The number of carbonyl (C=O) groups is 1. The van der Waals surface area contributed by atoms with E-state index in [1.165, 1.54) is 16.9 Å². The van der Waals surface area contributed by atoms with Crippen LogP contribution in [0.5, 0.6) is 0 Å². The predicted molar refractivity (Wildman–Crippen MR) is 120 cm³/mol. The molecule has 1 amide bonds. The molecule has 0 saturated heterocycles. The molecule has 0 unspecified atom stereocenters. The fourth-order valence-corrected chi connectivity index (χ4v) is 4.55. The van der Waals surface area contributed by atoms with Gasteiger partial charge in [0, 0.05) is 19.2 Å². The molecule has 0 heterocycles. The van der Waals surface area contributed by atoms with E-state index in [0.29, 0.717) is 23.4 Å². The lowest BCUT2D eigenvalue weighted by molar-refractivity contribution is 0.0953. The molecule has 0 spiro atoms. The van der Waals surface area contributed by atoms with Gasteiger partial charge in [-0.25, -0.2) is 8.42 Å². The molecule has 0 aromatic heterocycles. The molecule has 3 aromatic rings. The molecule has 6 heteroatoms. The van der Waals surface area contributed by atoms with E-state index >= 15 is 0 Å². The average Bonchev–Trinajstić information content (AvgIpc) is 2.77. The first kappa shape index (κ1) is 21.6. The molecule has 0 radical (unpaired) electrons. The second-order valence-corrected chi connectivity index (χ2v) is 9.10. The van der Waals surface area contributed by atoms with Crippen molar-refractivity contribution in [2.75, 3.05) is 17.9 Å². The van der Waals surface area contributed by atoms with Crippen LogP contribution in [0.4, 0.5) is 5.69 Å². The van der Waals surface area contributed by atoms with Crippen LogP contribution in [0.1, 0.15) is 27.9 Å². The molecule has 0 aliphatic carbocycles. The lowest BCUT2D eigenvalue weighted by Crippen LogP contribution is -2.28. The van der Waals surface area contributed by atoms with Crippen LogP contribution in [-0.4, -0.2) is 27.9 Å². The van der Waals surface area contributed by atoms with Crippen LogP contribution in [0, 0.1) is 6.92 Å². The number of benzene rings is 3. The zero-order chi connectivity index (χ0) is 21.6. The highest BCUT2D eigenvalue weighted by Gasteiger charge is 2.22. The van der Waals surface area contributed by atoms with Gasteiger partial charge in [0.15, 0.2) is 0 Å². The molecule has 156 valence electrons. The third kappa shape index (κ3) is 5.07. The molecule has 3 aromatic carbocycles. The first-order valence-corrected chi connectivity index (χ1v) is 11.3. The molecule has 0 saturated carbocycles. The van der Waals surface area contributed by atoms with Crippen molar-refractivity contribution >= 4 is 21.6 Å². The lowest BCUT2D eigenvalue weighted by atomic mass is 10.1. The van der Waals surface area contributed by atoms with E-state index in [4.69, 9.17) is 0 Å². The van der Waals surface area contributed by atoms with E-state index in [1.54, 1.807) is 55.5 Å². The molecule has 0 atom stereocenters. The van der Waals surface area contributed by atoms with E-state index in [0.717, 1.165) is 12.8 Å². The van der Waals surface area contributed by atoms with Crippen LogP contribution in [0.3, 0.4) is 0 Å². The number of anilines is 1. The SMILES string of the molecule is Cc1cc(C(=O)NCCCc2ccccc2)ccc1N(C)S(=O)(=O)c1ccccc1. The van der Waals surface area contributed by atoms with Crippen LogP contribution in [-0.2, 0) is 16.4 Å². The number of nitrogens with zero attached hydrogens (tertiary/aromatic N) is 1. The minimum atomic E-state index is -3.66. The zero-order valence-electron chi connectivity index (χ0n) is 17.2. The van der Waals surface area contributed by atoms with Crippen LogP contribution in [0.15, 0.2) is 83.8 Å². The van der Waals surface area contributed by atoms with E-state index in [9.17, 15) is 13.2 Å². The number of carbonyl (C=O) groups excluding carboxylic acids is 1. The zero-order valence-corrected chi connectivity index (χ0v) is 18.0. The Morgan fingerprint density at radius 3 is 2.20 bits per heavy atom. The van der Waals surface area contributed by atoms with Gasteiger partial charge in [-0.05, 0) is 61.2 Å². The summed E-state index contributed by atoms with van der Waals surface area (Å²) in [6, 6.07) is 23.5. The van der Waals surface area contributed by atoms with Gasteiger partial charge in [-0.1, -0.05) is 48.5 Å². The van der Waals surface area contributed by atoms with Crippen molar-refractivity contribution in [3.05, 3.63) is 95.6 Å². The second-order valence-electron chi connectivity index (χ2n) is 7.13. The molecule has 0 aliphatic heterocycles. The minimum Gasteiger partial charge on any atom is -0.352 e. The minimum absolute atomic E-state index is 0.161. The van der Waals surface area contributed by atoms with E-state index in [-0.39, 0.29) is 10.8 Å². The number of amides is 1. The highest BCUT2D eigenvalue weighted by molar-refractivity contribution is 7.92. The standard InChI is InChI=1S/C24H26N2O3S/c1-19-18-21(24(27)25-17-9-12-20-10-5-3-6-11-20)15-16-23(19)26(2)30(28,29)22-13-7-4-8-14-22/h3-8,10-11,13-16,18H,9,12,17H2,1-2H3,(H,25,27). The highest BCUT2D eigenvalue weighted by atomic mass is 32.2. The van der Waals surface area contributed by atoms with E-state index in [1.807, 2.05) is 18.2 Å². The molecule has 3 rings (SSSR count). The summed E-state index contributed by atoms with van der Waals surface area (Å²) in [7, 11) is -2.14. The number of hydrogen-bond donors (Lipinski definition) is 1. The summed E-state index contributed by atoms with van der Waals surface area (Å²) < 4.78 is 26.9. The molecule has 0 aliphatic rings. The van der Waals surface area contributed by atoms with Gasteiger partial charge in [0.05, 0.1) is 10.6 Å². The number of rotatable bonds is 8. The van der Waals surface area contributed by atoms with Crippen molar-refractivity contribution in [2.45, 2.75) is 24.7 Å². The fraction of sp³-hybridized carbons (Fsp3) is 0.208. The van der Waals surface area contributed by atoms with Crippen LogP contribution < -0.4 is 9.62 Å². The van der Waals surface area contributed by atoms with Gasteiger partial charge in [-0.2, -0.15) is 0 Å². The van der Waals surface area contributed by atoms with Gasteiger partial charge < -0.3 is 5.32 Å². The molecule has 1 N–H and O–H groups in total. The van der Waals surface area contributed by atoms with Crippen LogP contribution in [0.25, 0.3) is 0 Å².